The minimum absolute atomic E-state index is 0.0819. The Bertz CT molecular complexity index is 911. The second-order valence-electron chi connectivity index (χ2n) is 6.43. The number of benzene rings is 1. The van der Waals surface area contributed by atoms with Gasteiger partial charge >= 0.3 is 0 Å². The van der Waals surface area contributed by atoms with E-state index in [2.05, 4.69) is 15.2 Å². The first kappa shape index (κ1) is 17.8. The number of nitrogens with zero attached hydrogens (tertiary/aromatic N) is 2. The SMILES string of the molecule is Cc1ccc(-c2nc(CC(=O)Nc3ccc(N4CCOCC4)cc3)cs2)o1. The fraction of sp³-hybridized carbons (Fsp3) is 0.300. The molecule has 2 aromatic heterocycles. The fourth-order valence-corrected chi connectivity index (χ4v) is 3.78. The number of aromatic nitrogens is 1. The topological polar surface area (TPSA) is 67.6 Å². The summed E-state index contributed by atoms with van der Waals surface area (Å²) in [5.41, 5.74) is 2.68. The highest BCUT2D eigenvalue weighted by Crippen LogP contribution is 2.26. The Balaban J connectivity index is 1.34. The van der Waals surface area contributed by atoms with Crippen molar-refractivity contribution >= 4 is 28.6 Å². The molecule has 6 nitrogen and oxygen atoms in total. The number of anilines is 2. The number of carbonyl (C=O) groups is 1. The summed E-state index contributed by atoms with van der Waals surface area (Å²) >= 11 is 1.48. The number of ether oxygens (including phenoxy) is 1. The lowest BCUT2D eigenvalue weighted by atomic mass is 10.2. The number of rotatable bonds is 5. The first-order chi connectivity index (χ1) is 13.2. The van der Waals surface area contributed by atoms with E-state index in [-0.39, 0.29) is 12.3 Å². The maximum atomic E-state index is 12.3. The molecule has 3 aromatic rings. The molecular weight excluding hydrogens is 362 g/mol. The largest absolute Gasteiger partial charge is 0.459 e. The number of hydrogen-bond acceptors (Lipinski definition) is 6. The Hall–Kier alpha value is -2.64. The summed E-state index contributed by atoms with van der Waals surface area (Å²) in [5.74, 6) is 1.50. The Morgan fingerprint density at radius 3 is 2.67 bits per heavy atom. The zero-order valence-corrected chi connectivity index (χ0v) is 15.9. The molecule has 0 radical (unpaired) electrons. The van der Waals surface area contributed by atoms with Gasteiger partial charge in [0, 0.05) is 29.8 Å². The standard InChI is InChI=1S/C20H21N3O3S/c1-14-2-7-18(26-14)20-22-16(13-27-20)12-19(24)21-15-3-5-17(6-4-15)23-8-10-25-11-9-23/h2-7,13H,8-12H2,1H3,(H,21,24). The molecule has 0 unspecified atom stereocenters. The molecule has 1 saturated heterocycles. The summed E-state index contributed by atoms with van der Waals surface area (Å²) in [6, 6.07) is 11.7. The van der Waals surface area contributed by atoms with E-state index in [0.717, 1.165) is 59.9 Å². The maximum absolute atomic E-state index is 12.3. The number of hydrogen-bond donors (Lipinski definition) is 1. The summed E-state index contributed by atoms with van der Waals surface area (Å²) in [6.07, 6.45) is 0.238. The van der Waals surface area contributed by atoms with Crippen LogP contribution in [0.15, 0.2) is 46.2 Å². The van der Waals surface area contributed by atoms with Crippen LogP contribution >= 0.6 is 11.3 Å². The van der Waals surface area contributed by atoms with Gasteiger partial charge in [0.15, 0.2) is 10.8 Å². The second-order valence-corrected chi connectivity index (χ2v) is 7.28. The van der Waals surface area contributed by atoms with Gasteiger partial charge in [-0.15, -0.1) is 11.3 Å². The third kappa shape index (κ3) is 4.37. The van der Waals surface area contributed by atoms with Crippen LogP contribution in [0.1, 0.15) is 11.5 Å². The fourth-order valence-electron chi connectivity index (χ4n) is 3.00. The second kappa shape index (κ2) is 7.94. The smallest absolute Gasteiger partial charge is 0.230 e. The summed E-state index contributed by atoms with van der Waals surface area (Å²) < 4.78 is 11.0. The third-order valence-electron chi connectivity index (χ3n) is 4.37. The highest BCUT2D eigenvalue weighted by molar-refractivity contribution is 7.13. The molecule has 1 N–H and O–H groups in total. The number of nitrogens with one attached hydrogen (secondary N) is 1. The highest BCUT2D eigenvalue weighted by Gasteiger charge is 2.13. The predicted octanol–water partition coefficient (Wildman–Crippen LogP) is 3.73. The van der Waals surface area contributed by atoms with Crippen molar-refractivity contribution in [1.29, 1.82) is 0 Å². The third-order valence-corrected chi connectivity index (χ3v) is 5.28. The molecule has 1 amide bonds. The number of carbonyl (C=O) groups excluding carboxylic acids is 1. The first-order valence-corrected chi connectivity index (χ1v) is 9.79. The van der Waals surface area contributed by atoms with Crippen molar-refractivity contribution in [2.75, 3.05) is 36.5 Å². The van der Waals surface area contributed by atoms with E-state index in [4.69, 9.17) is 9.15 Å². The summed E-state index contributed by atoms with van der Waals surface area (Å²) in [7, 11) is 0. The van der Waals surface area contributed by atoms with Crippen LogP contribution in [0, 0.1) is 6.92 Å². The van der Waals surface area contributed by atoms with Crippen molar-refractivity contribution < 1.29 is 13.9 Å². The van der Waals surface area contributed by atoms with Gasteiger partial charge in [0.25, 0.3) is 0 Å². The molecule has 1 aromatic carbocycles. The molecule has 4 rings (SSSR count). The lowest BCUT2D eigenvalue weighted by Crippen LogP contribution is -2.36. The van der Waals surface area contributed by atoms with Crippen molar-refractivity contribution in [3.63, 3.8) is 0 Å². The van der Waals surface area contributed by atoms with E-state index in [1.165, 1.54) is 11.3 Å². The van der Waals surface area contributed by atoms with Gasteiger partial charge in [-0.1, -0.05) is 0 Å². The number of amides is 1. The average Bonchev–Trinajstić information content (AvgIpc) is 3.32. The molecule has 1 aliphatic heterocycles. The normalized spacial score (nSPS) is 14.3. The molecule has 0 aliphatic carbocycles. The van der Waals surface area contributed by atoms with Crippen LogP contribution in [0.4, 0.5) is 11.4 Å². The number of furan rings is 1. The average molecular weight is 383 g/mol. The zero-order valence-electron chi connectivity index (χ0n) is 15.1. The first-order valence-electron chi connectivity index (χ1n) is 8.91. The molecule has 3 heterocycles. The van der Waals surface area contributed by atoms with E-state index in [1.807, 2.05) is 48.7 Å². The van der Waals surface area contributed by atoms with E-state index >= 15 is 0 Å². The van der Waals surface area contributed by atoms with Crippen molar-refractivity contribution in [2.45, 2.75) is 13.3 Å². The van der Waals surface area contributed by atoms with Crippen LogP contribution in [0.5, 0.6) is 0 Å². The van der Waals surface area contributed by atoms with Gasteiger partial charge in [-0.05, 0) is 43.3 Å². The van der Waals surface area contributed by atoms with E-state index in [0.29, 0.717) is 0 Å². The van der Waals surface area contributed by atoms with Crippen LogP contribution in [-0.4, -0.2) is 37.2 Å². The van der Waals surface area contributed by atoms with Gasteiger partial charge in [-0.3, -0.25) is 4.79 Å². The highest BCUT2D eigenvalue weighted by atomic mass is 32.1. The van der Waals surface area contributed by atoms with Gasteiger partial charge < -0.3 is 19.4 Å². The van der Waals surface area contributed by atoms with Crippen LogP contribution in [0.25, 0.3) is 10.8 Å². The van der Waals surface area contributed by atoms with Gasteiger partial charge in [0.05, 0.1) is 25.3 Å². The minimum atomic E-state index is -0.0819. The quantitative estimate of drug-likeness (QED) is 0.727. The van der Waals surface area contributed by atoms with Crippen molar-refractivity contribution in [2.24, 2.45) is 0 Å². The molecule has 0 bridgehead atoms. The summed E-state index contributed by atoms with van der Waals surface area (Å²) in [5, 5.41) is 5.62. The molecule has 0 saturated carbocycles. The molecule has 1 fully saturated rings. The lowest BCUT2D eigenvalue weighted by Gasteiger charge is -2.28. The van der Waals surface area contributed by atoms with Gasteiger partial charge in [-0.25, -0.2) is 4.98 Å². The number of thiazole rings is 1. The minimum Gasteiger partial charge on any atom is -0.459 e. The van der Waals surface area contributed by atoms with Crippen LogP contribution in [0.2, 0.25) is 0 Å². The van der Waals surface area contributed by atoms with Gasteiger partial charge in [0.1, 0.15) is 5.76 Å². The molecule has 27 heavy (non-hydrogen) atoms. The van der Waals surface area contributed by atoms with Crippen LogP contribution < -0.4 is 10.2 Å². The summed E-state index contributed by atoms with van der Waals surface area (Å²) in [4.78, 5) is 19.1. The zero-order chi connectivity index (χ0) is 18.6. The van der Waals surface area contributed by atoms with E-state index in [1.54, 1.807) is 0 Å². The number of aryl methyl sites for hydroxylation is 1. The molecule has 140 valence electrons. The van der Waals surface area contributed by atoms with Crippen LogP contribution in [0.3, 0.4) is 0 Å². The molecule has 0 spiro atoms. The molecule has 0 atom stereocenters. The van der Waals surface area contributed by atoms with Crippen molar-refractivity contribution in [1.82, 2.24) is 4.98 Å². The Morgan fingerprint density at radius 2 is 1.96 bits per heavy atom. The Morgan fingerprint density at radius 1 is 1.19 bits per heavy atom. The monoisotopic (exact) mass is 383 g/mol. The van der Waals surface area contributed by atoms with Crippen molar-refractivity contribution in [3.05, 3.63) is 53.2 Å². The van der Waals surface area contributed by atoms with E-state index < -0.39 is 0 Å². The van der Waals surface area contributed by atoms with Crippen molar-refractivity contribution in [3.8, 4) is 10.8 Å². The maximum Gasteiger partial charge on any atom is 0.230 e. The summed E-state index contributed by atoms with van der Waals surface area (Å²) in [6.45, 7) is 5.20. The number of morpholine rings is 1. The van der Waals surface area contributed by atoms with Crippen LogP contribution in [-0.2, 0) is 16.0 Å². The van der Waals surface area contributed by atoms with Gasteiger partial charge in [-0.2, -0.15) is 0 Å². The van der Waals surface area contributed by atoms with Gasteiger partial charge in [0.2, 0.25) is 5.91 Å². The molecule has 1 aliphatic rings. The predicted molar refractivity (Wildman–Crippen MR) is 106 cm³/mol. The Kier molecular flexibility index (Phi) is 5.22. The Labute approximate surface area is 161 Å². The lowest BCUT2D eigenvalue weighted by molar-refractivity contribution is -0.115. The van der Waals surface area contributed by atoms with E-state index in [9.17, 15) is 4.79 Å². The molecule has 7 heteroatoms. The molecular formula is C20H21N3O3S.